The van der Waals surface area contributed by atoms with Gasteiger partial charge in [0.25, 0.3) is 0 Å². The van der Waals surface area contributed by atoms with Crippen molar-refractivity contribution in [3.8, 4) is 0 Å². The first kappa shape index (κ1) is 17.5. The van der Waals surface area contributed by atoms with E-state index in [1.54, 1.807) is 12.3 Å². The predicted octanol–water partition coefficient (Wildman–Crippen LogP) is 3.51. The Balaban J connectivity index is 1.40. The minimum atomic E-state index is -0.192. The van der Waals surface area contributed by atoms with E-state index in [9.17, 15) is 4.79 Å². The first-order valence-electron chi connectivity index (χ1n) is 9.03. The van der Waals surface area contributed by atoms with Gasteiger partial charge in [-0.1, -0.05) is 31.2 Å². The molecule has 0 spiro atoms. The van der Waals surface area contributed by atoms with E-state index in [1.807, 2.05) is 6.07 Å². The van der Waals surface area contributed by atoms with Crippen LogP contribution in [0.1, 0.15) is 36.7 Å². The minimum absolute atomic E-state index is 0.192. The number of amides is 2. The molecule has 2 N–H and O–H groups in total. The summed E-state index contributed by atoms with van der Waals surface area (Å²) in [7, 11) is 0. The summed E-state index contributed by atoms with van der Waals surface area (Å²) in [6.45, 7) is 6.65. The summed E-state index contributed by atoms with van der Waals surface area (Å²) in [6, 6.07) is 12.0. The Bertz CT molecular complexity index is 652. The fraction of sp³-hybridized carbons (Fsp3) is 0.450. The molecule has 0 bridgehead atoms. The lowest BCUT2D eigenvalue weighted by molar-refractivity contribution is 0.176. The first-order valence-corrected chi connectivity index (χ1v) is 9.03. The summed E-state index contributed by atoms with van der Waals surface area (Å²) in [5, 5.41) is 5.64. The van der Waals surface area contributed by atoms with E-state index in [-0.39, 0.29) is 6.03 Å². The molecule has 0 aliphatic carbocycles. The summed E-state index contributed by atoms with van der Waals surface area (Å²) < 4.78 is 5.18. The molecule has 25 heavy (non-hydrogen) atoms. The molecule has 5 heteroatoms. The van der Waals surface area contributed by atoms with E-state index >= 15 is 0 Å². The molecule has 3 rings (SSSR count). The zero-order chi connectivity index (χ0) is 17.5. The number of rotatable bonds is 6. The van der Waals surface area contributed by atoms with E-state index in [2.05, 4.69) is 46.7 Å². The third-order valence-corrected chi connectivity index (χ3v) is 4.63. The van der Waals surface area contributed by atoms with Crippen LogP contribution in [0.15, 0.2) is 47.1 Å². The van der Waals surface area contributed by atoms with Gasteiger partial charge >= 0.3 is 6.03 Å². The average Bonchev–Trinajstić information content (AvgIpc) is 3.13. The van der Waals surface area contributed by atoms with Gasteiger partial charge in [0.05, 0.1) is 12.8 Å². The van der Waals surface area contributed by atoms with Gasteiger partial charge in [-0.15, -0.1) is 0 Å². The van der Waals surface area contributed by atoms with Crippen LogP contribution < -0.4 is 10.6 Å². The van der Waals surface area contributed by atoms with E-state index in [0.717, 1.165) is 23.8 Å². The van der Waals surface area contributed by atoms with Gasteiger partial charge in [-0.3, -0.25) is 4.90 Å². The van der Waals surface area contributed by atoms with Crippen molar-refractivity contribution < 1.29 is 9.21 Å². The molecule has 0 saturated carbocycles. The van der Waals surface area contributed by atoms with Gasteiger partial charge in [0, 0.05) is 19.6 Å². The molecule has 1 saturated heterocycles. The summed E-state index contributed by atoms with van der Waals surface area (Å²) >= 11 is 0. The van der Waals surface area contributed by atoms with Crippen molar-refractivity contribution in [2.45, 2.75) is 39.4 Å². The summed E-state index contributed by atoms with van der Waals surface area (Å²) in [4.78, 5) is 14.3. The van der Waals surface area contributed by atoms with Crippen molar-refractivity contribution in [2.75, 3.05) is 13.1 Å². The Morgan fingerprint density at radius 1 is 1.16 bits per heavy atom. The lowest BCUT2D eigenvalue weighted by atomic mass is 9.99. The highest BCUT2D eigenvalue weighted by Crippen LogP contribution is 2.18. The molecular formula is C20H27N3O2. The maximum atomic E-state index is 11.8. The second-order valence-corrected chi connectivity index (χ2v) is 6.91. The number of nitrogens with zero attached hydrogens (tertiary/aromatic N) is 1. The molecule has 134 valence electrons. The number of nitrogens with one attached hydrogen (secondary N) is 2. The number of piperidine rings is 1. The van der Waals surface area contributed by atoms with Gasteiger partial charge in [0.1, 0.15) is 5.76 Å². The number of urea groups is 1. The molecule has 1 atom stereocenters. The maximum Gasteiger partial charge on any atom is 0.315 e. The Morgan fingerprint density at radius 3 is 2.64 bits per heavy atom. The van der Waals surface area contributed by atoms with Crippen LogP contribution in [-0.2, 0) is 19.6 Å². The molecule has 2 heterocycles. The van der Waals surface area contributed by atoms with Crippen LogP contribution in [0, 0.1) is 5.92 Å². The Kier molecular flexibility index (Phi) is 6.12. The zero-order valence-electron chi connectivity index (χ0n) is 14.8. The molecule has 2 amide bonds. The van der Waals surface area contributed by atoms with Crippen LogP contribution in [0.2, 0.25) is 0 Å². The molecule has 1 aromatic heterocycles. The number of carbonyl (C=O) groups excluding carboxylic acids is 1. The first-order chi connectivity index (χ1) is 12.2. The van der Waals surface area contributed by atoms with E-state index < -0.39 is 0 Å². The smallest absolute Gasteiger partial charge is 0.315 e. The molecule has 5 nitrogen and oxygen atoms in total. The molecular weight excluding hydrogens is 314 g/mol. The van der Waals surface area contributed by atoms with Gasteiger partial charge in [-0.05, 0) is 48.6 Å². The van der Waals surface area contributed by atoms with Crippen LogP contribution >= 0.6 is 0 Å². The summed E-state index contributed by atoms with van der Waals surface area (Å²) in [5.74, 6) is 1.54. The molecule has 0 unspecified atom stereocenters. The average molecular weight is 341 g/mol. The summed E-state index contributed by atoms with van der Waals surface area (Å²) in [5.41, 5.74) is 2.43. The third kappa shape index (κ3) is 5.64. The second-order valence-electron chi connectivity index (χ2n) is 6.91. The highest BCUT2D eigenvalue weighted by Gasteiger charge is 2.16. The SMILES string of the molecule is C[C@H]1CCCN(Cc2ccc(CNC(=O)NCc3ccco3)cc2)C1. The van der Waals surface area contributed by atoms with Gasteiger partial charge in [-0.25, -0.2) is 4.79 Å². The van der Waals surface area contributed by atoms with Gasteiger partial charge in [-0.2, -0.15) is 0 Å². The fourth-order valence-electron chi connectivity index (χ4n) is 3.28. The number of hydrogen-bond acceptors (Lipinski definition) is 3. The number of hydrogen-bond donors (Lipinski definition) is 2. The van der Waals surface area contributed by atoms with Crippen LogP contribution in [-0.4, -0.2) is 24.0 Å². The van der Waals surface area contributed by atoms with Crippen molar-refractivity contribution in [1.82, 2.24) is 15.5 Å². The van der Waals surface area contributed by atoms with E-state index in [0.29, 0.717) is 13.1 Å². The monoisotopic (exact) mass is 341 g/mol. The maximum absolute atomic E-state index is 11.8. The normalized spacial score (nSPS) is 18.0. The Labute approximate surface area is 149 Å². The van der Waals surface area contributed by atoms with E-state index in [1.165, 1.54) is 31.5 Å². The van der Waals surface area contributed by atoms with Crippen molar-refractivity contribution in [2.24, 2.45) is 5.92 Å². The second kappa shape index (κ2) is 8.72. The quantitative estimate of drug-likeness (QED) is 0.845. The van der Waals surface area contributed by atoms with E-state index in [4.69, 9.17) is 4.42 Å². The van der Waals surface area contributed by atoms with Gasteiger partial charge in [0.2, 0.25) is 0 Å². The summed E-state index contributed by atoms with van der Waals surface area (Å²) in [6.07, 6.45) is 4.25. The molecule has 2 aromatic rings. The largest absolute Gasteiger partial charge is 0.467 e. The van der Waals surface area contributed by atoms with Crippen molar-refractivity contribution in [3.63, 3.8) is 0 Å². The number of furan rings is 1. The van der Waals surface area contributed by atoms with Gasteiger partial charge < -0.3 is 15.1 Å². The van der Waals surface area contributed by atoms with Crippen LogP contribution in [0.25, 0.3) is 0 Å². The topological polar surface area (TPSA) is 57.5 Å². The standard InChI is InChI=1S/C20H27N3O2/c1-16-4-2-10-23(14-16)15-18-8-6-17(7-9-18)12-21-20(24)22-13-19-5-3-11-25-19/h3,5-9,11,16H,2,4,10,12-15H2,1H3,(H2,21,22,24)/t16-/m0/s1. The Hall–Kier alpha value is -2.27. The number of benzene rings is 1. The van der Waals surface area contributed by atoms with Crippen LogP contribution in [0.4, 0.5) is 4.79 Å². The van der Waals surface area contributed by atoms with Crippen molar-refractivity contribution >= 4 is 6.03 Å². The van der Waals surface area contributed by atoms with Crippen molar-refractivity contribution in [3.05, 3.63) is 59.5 Å². The molecule has 1 aliphatic heterocycles. The molecule has 1 aromatic carbocycles. The van der Waals surface area contributed by atoms with Crippen LogP contribution in [0.3, 0.4) is 0 Å². The van der Waals surface area contributed by atoms with Crippen LogP contribution in [0.5, 0.6) is 0 Å². The third-order valence-electron chi connectivity index (χ3n) is 4.63. The molecule has 1 fully saturated rings. The molecule has 0 radical (unpaired) electrons. The lowest BCUT2D eigenvalue weighted by Gasteiger charge is -2.30. The lowest BCUT2D eigenvalue weighted by Crippen LogP contribution is -2.34. The van der Waals surface area contributed by atoms with Gasteiger partial charge in [0.15, 0.2) is 0 Å². The zero-order valence-corrected chi connectivity index (χ0v) is 14.8. The fourth-order valence-corrected chi connectivity index (χ4v) is 3.28. The van der Waals surface area contributed by atoms with Crippen molar-refractivity contribution in [1.29, 1.82) is 0 Å². The Morgan fingerprint density at radius 2 is 1.92 bits per heavy atom. The number of likely N-dealkylation sites (tertiary alicyclic amines) is 1. The predicted molar refractivity (Wildman–Crippen MR) is 97.9 cm³/mol. The highest BCUT2D eigenvalue weighted by molar-refractivity contribution is 5.73. The minimum Gasteiger partial charge on any atom is -0.467 e. The number of carbonyl (C=O) groups is 1. The highest BCUT2D eigenvalue weighted by atomic mass is 16.3. The molecule has 1 aliphatic rings.